The van der Waals surface area contributed by atoms with Crippen molar-refractivity contribution in [3.8, 4) is 0 Å². The minimum atomic E-state index is -1.94. The molecule has 0 bridgehead atoms. The Morgan fingerprint density at radius 1 is 1.47 bits per heavy atom. The summed E-state index contributed by atoms with van der Waals surface area (Å²) in [6.45, 7) is 0. The molecule has 2 rings (SSSR count). The van der Waals surface area contributed by atoms with Crippen LogP contribution in [0.25, 0.3) is 0 Å². The van der Waals surface area contributed by atoms with Gasteiger partial charge in [-0.1, -0.05) is 34.8 Å². The Morgan fingerprint density at radius 2 is 2.12 bits per heavy atom. The molecule has 1 aliphatic carbocycles. The van der Waals surface area contributed by atoms with E-state index in [1.807, 2.05) is 0 Å². The number of carbonyl (C=O) groups is 1. The third-order valence-corrected chi connectivity index (χ3v) is 3.30. The lowest BCUT2D eigenvalue weighted by Gasteiger charge is -2.26. The molecule has 17 heavy (non-hydrogen) atoms. The molecule has 0 radical (unpaired) electrons. The number of aliphatic hydroxyl groups excluding tert-OH is 1. The quantitative estimate of drug-likeness (QED) is 0.856. The largest absolute Gasteiger partial charge is 0.386 e. The van der Waals surface area contributed by atoms with E-state index in [0.717, 1.165) is 12.8 Å². The van der Waals surface area contributed by atoms with Crippen LogP contribution in [0.5, 0.6) is 0 Å². The minimum Gasteiger partial charge on any atom is -0.386 e. The molecule has 1 fully saturated rings. The van der Waals surface area contributed by atoms with Crippen molar-refractivity contribution in [2.24, 2.45) is 5.92 Å². The summed E-state index contributed by atoms with van der Waals surface area (Å²) in [5, 5.41) is 13.8. The lowest BCUT2D eigenvalue weighted by molar-refractivity contribution is -0.127. The predicted molar refractivity (Wildman–Crippen MR) is 63.1 cm³/mol. The number of rotatable bonds is 4. The van der Waals surface area contributed by atoms with E-state index >= 15 is 0 Å². The third kappa shape index (κ3) is 2.91. The number of ketones is 1. The molecule has 0 aliphatic heterocycles. The Hall–Kier alpha value is -0.360. The van der Waals surface area contributed by atoms with Crippen LogP contribution in [0.3, 0.4) is 0 Å². The molecule has 2 unspecified atom stereocenters. The van der Waals surface area contributed by atoms with Crippen molar-refractivity contribution < 1.29 is 9.90 Å². The smallest absolute Gasteiger partial charge is 0.218 e. The fourth-order valence-electron chi connectivity index (χ4n) is 1.58. The predicted octanol–water partition coefficient (Wildman–Crippen LogP) is 1.53. The summed E-state index contributed by atoms with van der Waals surface area (Å²) in [6.07, 6.45) is 2.73. The number of aromatic nitrogens is 3. The van der Waals surface area contributed by atoms with Crippen LogP contribution in [0.2, 0.25) is 0 Å². The topological polar surface area (TPSA) is 68.0 Å². The van der Waals surface area contributed by atoms with Crippen molar-refractivity contribution in [3.05, 3.63) is 12.7 Å². The van der Waals surface area contributed by atoms with Crippen LogP contribution in [0, 0.1) is 5.92 Å². The second-order valence-electron chi connectivity index (χ2n) is 3.98. The molecule has 1 heterocycles. The molecule has 0 spiro atoms. The Balaban J connectivity index is 2.27. The number of alkyl halides is 3. The van der Waals surface area contributed by atoms with Gasteiger partial charge in [0.25, 0.3) is 0 Å². The van der Waals surface area contributed by atoms with Gasteiger partial charge in [0.2, 0.25) is 3.79 Å². The summed E-state index contributed by atoms with van der Waals surface area (Å²) in [6, 6.07) is -1.00. The second-order valence-corrected chi connectivity index (χ2v) is 6.35. The molecule has 1 aliphatic rings. The second kappa shape index (κ2) is 4.72. The summed E-state index contributed by atoms with van der Waals surface area (Å²) in [7, 11) is 0. The highest BCUT2D eigenvalue weighted by molar-refractivity contribution is 6.68. The van der Waals surface area contributed by atoms with Gasteiger partial charge in [-0.2, -0.15) is 5.10 Å². The highest BCUT2D eigenvalue weighted by Crippen LogP contribution is 2.40. The fraction of sp³-hybridized carbons (Fsp3) is 0.667. The average molecular weight is 299 g/mol. The first-order valence-electron chi connectivity index (χ1n) is 5.04. The van der Waals surface area contributed by atoms with Crippen molar-refractivity contribution >= 4 is 40.6 Å². The zero-order valence-corrected chi connectivity index (χ0v) is 10.9. The number of nitrogens with zero attached hydrogens (tertiary/aromatic N) is 3. The van der Waals surface area contributed by atoms with Crippen molar-refractivity contribution in [2.45, 2.75) is 28.8 Å². The number of Topliss-reactive ketones (excluding diaryl/α,β-unsaturated/α-hetero) is 1. The van der Waals surface area contributed by atoms with E-state index in [-0.39, 0.29) is 11.7 Å². The number of hydrogen-bond donors (Lipinski definition) is 1. The van der Waals surface area contributed by atoms with Crippen molar-refractivity contribution in [1.29, 1.82) is 0 Å². The van der Waals surface area contributed by atoms with Crippen LogP contribution < -0.4 is 0 Å². The van der Waals surface area contributed by atoms with E-state index in [0.29, 0.717) is 0 Å². The Morgan fingerprint density at radius 3 is 2.53 bits per heavy atom. The van der Waals surface area contributed by atoms with Crippen LogP contribution in [0.4, 0.5) is 0 Å². The number of aliphatic hydroxyl groups is 1. The van der Waals surface area contributed by atoms with Crippen molar-refractivity contribution in [1.82, 2.24) is 14.8 Å². The van der Waals surface area contributed by atoms with E-state index in [4.69, 9.17) is 34.8 Å². The average Bonchev–Trinajstić information content (AvgIpc) is 2.96. The third-order valence-electron chi connectivity index (χ3n) is 2.63. The highest BCUT2D eigenvalue weighted by atomic mass is 35.6. The molecule has 5 nitrogen and oxygen atoms in total. The maximum Gasteiger partial charge on any atom is 0.218 e. The Labute approximate surface area is 113 Å². The summed E-state index contributed by atoms with van der Waals surface area (Å²) in [4.78, 5) is 15.8. The van der Waals surface area contributed by atoms with Gasteiger partial charge in [-0.3, -0.25) is 4.79 Å². The zero-order valence-electron chi connectivity index (χ0n) is 8.63. The molecular weight excluding hydrogens is 288 g/mol. The first-order chi connectivity index (χ1) is 7.91. The highest BCUT2D eigenvalue weighted by Gasteiger charge is 2.46. The molecular formula is C9H10Cl3N3O2. The van der Waals surface area contributed by atoms with Gasteiger partial charge in [0.1, 0.15) is 24.8 Å². The molecule has 0 amide bonds. The van der Waals surface area contributed by atoms with Gasteiger partial charge in [0.05, 0.1) is 0 Å². The lowest BCUT2D eigenvalue weighted by Crippen LogP contribution is -2.40. The lowest BCUT2D eigenvalue weighted by atomic mass is 10.0. The molecule has 8 heteroatoms. The zero-order chi connectivity index (χ0) is 12.6. The summed E-state index contributed by atoms with van der Waals surface area (Å²) in [5.74, 6) is -0.250. The molecule has 1 aromatic rings. The molecule has 1 aromatic heterocycles. The molecule has 2 atom stereocenters. The first-order valence-corrected chi connectivity index (χ1v) is 6.17. The van der Waals surface area contributed by atoms with E-state index in [1.165, 1.54) is 17.3 Å². The maximum absolute atomic E-state index is 12.1. The van der Waals surface area contributed by atoms with E-state index in [2.05, 4.69) is 10.1 Å². The molecule has 1 saturated carbocycles. The molecule has 0 saturated heterocycles. The van der Waals surface area contributed by atoms with Gasteiger partial charge in [-0.25, -0.2) is 9.67 Å². The summed E-state index contributed by atoms with van der Waals surface area (Å²) in [5.41, 5.74) is 0. The Kier molecular flexibility index (Phi) is 3.63. The standard InChI is InChI=1S/C9H10Cl3N3O2/c10-9(11,12)8(17)6(7(16)5-1-2-5)15-4-13-3-14-15/h3-6,8,17H,1-2H2. The van der Waals surface area contributed by atoms with Gasteiger partial charge >= 0.3 is 0 Å². The van der Waals surface area contributed by atoms with Crippen LogP contribution in [0.15, 0.2) is 12.7 Å². The molecule has 0 aromatic carbocycles. The fourth-order valence-corrected chi connectivity index (χ4v) is 1.94. The molecule has 1 N–H and O–H groups in total. The number of carbonyl (C=O) groups excluding carboxylic acids is 1. The van der Waals surface area contributed by atoms with Crippen LogP contribution in [-0.2, 0) is 4.79 Å². The SMILES string of the molecule is O=C(C1CC1)C(C(O)C(Cl)(Cl)Cl)n1cncn1. The number of hydrogen-bond acceptors (Lipinski definition) is 4. The maximum atomic E-state index is 12.1. The summed E-state index contributed by atoms with van der Waals surface area (Å²) < 4.78 is -0.714. The van der Waals surface area contributed by atoms with E-state index in [9.17, 15) is 9.90 Å². The van der Waals surface area contributed by atoms with Crippen LogP contribution >= 0.6 is 34.8 Å². The van der Waals surface area contributed by atoms with Crippen molar-refractivity contribution in [3.63, 3.8) is 0 Å². The normalized spacial score (nSPS) is 20.0. The minimum absolute atomic E-state index is 0.0776. The number of halogens is 3. The van der Waals surface area contributed by atoms with Crippen LogP contribution in [-0.4, -0.2) is 35.6 Å². The van der Waals surface area contributed by atoms with E-state index in [1.54, 1.807) is 0 Å². The van der Waals surface area contributed by atoms with Crippen molar-refractivity contribution in [2.75, 3.05) is 0 Å². The molecule has 94 valence electrons. The van der Waals surface area contributed by atoms with Crippen LogP contribution in [0.1, 0.15) is 18.9 Å². The van der Waals surface area contributed by atoms with Gasteiger partial charge in [0.15, 0.2) is 5.78 Å². The van der Waals surface area contributed by atoms with Gasteiger partial charge < -0.3 is 5.11 Å². The van der Waals surface area contributed by atoms with Gasteiger partial charge in [-0.05, 0) is 12.8 Å². The van der Waals surface area contributed by atoms with Gasteiger partial charge in [0, 0.05) is 5.92 Å². The van der Waals surface area contributed by atoms with Gasteiger partial charge in [-0.15, -0.1) is 0 Å². The Bertz CT molecular complexity index is 400. The summed E-state index contributed by atoms with van der Waals surface area (Å²) >= 11 is 16.9. The van der Waals surface area contributed by atoms with E-state index < -0.39 is 15.9 Å². The monoisotopic (exact) mass is 297 g/mol. The first kappa shape index (κ1) is 13.1.